The predicted molar refractivity (Wildman–Crippen MR) is 56.3 cm³/mol. The van der Waals surface area contributed by atoms with E-state index in [4.69, 9.17) is 0 Å². The first-order valence-electron chi connectivity index (χ1n) is 5.74. The van der Waals surface area contributed by atoms with Gasteiger partial charge in [-0.05, 0) is 27.2 Å². The van der Waals surface area contributed by atoms with Crippen LogP contribution in [0.4, 0.5) is 13.2 Å². The summed E-state index contributed by atoms with van der Waals surface area (Å²) >= 11 is 0. The Morgan fingerprint density at radius 2 is 1.69 bits per heavy atom. The lowest BCUT2D eigenvalue weighted by Gasteiger charge is -2.42. The SMILES string of the molecule is CC(C)(C)N1C[C@H]2C[C@@H]1CN2CC(F)(F)F. The van der Waals surface area contributed by atoms with Gasteiger partial charge in [0.2, 0.25) is 0 Å². The highest BCUT2D eigenvalue weighted by Gasteiger charge is 2.49. The summed E-state index contributed by atoms with van der Waals surface area (Å²) in [5, 5.41) is 0. The van der Waals surface area contributed by atoms with E-state index >= 15 is 0 Å². The minimum atomic E-state index is -4.06. The summed E-state index contributed by atoms with van der Waals surface area (Å²) < 4.78 is 36.9. The number of halogens is 3. The fourth-order valence-corrected chi connectivity index (χ4v) is 2.99. The normalized spacial score (nSPS) is 32.6. The van der Waals surface area contributed by atoms with Gasteiger partial charge in [-0.15, -0.1) is 0 Å². The molecule has 0 saturated carbocycles. The number of nitrogens with zero attached hydrogens (tertiary/aromatic N) is 2. The zero-order chi connectivity index (χ0) is 12.1. The first kappa shape index (κ1) is 12.2. The highest BCUT2D eigenvalue weighted by Crippen LogP contribution is 2.36. The van der Waals surface area contributed by atoms with Crippen LogP contribution in [0.15, 0.2) is 0 Å². The second-order valence-electron chi connectivity index (χ2n) is 5.91. The zero-order valence-corrected chi connectivity index (χ0v) is 10.0. The number of hydrogen-bond donors (Lipinski definition) is 0. The van der Waals surface area contributed by atoms with Gasteiger partial charge in [0.1, 0.15) is 0 Å². The average molecular weight is 236 g/mol. The molecule has 94 valence electrons. The highest BCUT2D eigenvalue weighted by molar-refractivity contribution is 5.03. The Bertz CT molecular complexity index is 269. The summed E-state index contributed by atoms with van der Waals surface area (Å²) in [7, 11) is 0. The number of hydrogen-bond acceptors (Lipinski definition) is 2. The third-order valence-electron chi connectivity index (χ3n) is 3.60. The molecule has 0 aromatic heterocycles. The Morgan fingerprint density at radius 1 is 1.06 bits per heavy atom. The van der Waals surface area contributed by atoms with Crippen LogP contribution in [0.5, 0.6) is 0 Å². The maximum absolute atomic E-state index is 12.3. The van der Waals surface area contributed by atoms with Crippen LogP contribution < -0.4 is 0 Å². The van der Waals surface area contributed by atoms with Crippen LogP contribution in [0.25, 0.3) is 0 Å². The first-order chi connectivity index (χ1) is 7.17. The molecule has 0 unspecified atom stereocenters. The van der Waals surface area contributed by atoms with Gasteiger partial charge >= 0.3 is 6.18 Å². The molecule has 0 spiro atoms. The molecule has 2 aliphatic rings. The van der Waals surface area contributed by atoms with Crippen molar-refractivity contribution >= 4 is 0 Å². The monoisotopic (exact) mass is 236 g/mol. The number of piperazine rings is 1. The van der Waals surface area contributed by atoms with Crippen molar-refractivity contribution in [2.75, 3.05) is 19.6 Å². The molecular weight excluding hydrogens is 217 g/mol. The van der Waals surface area contributed by atoms with E-state index in [1.807, 2.05) is 0 Å². The largest absolute Gasteiger partial charge is 0.401 e. The van der Waals surface area contributed by atoms with Crippen molar-refractivity contribution in [1.82, 2.24) is 9.80 Å². The maximum Gasteiger partial charge on any atom is 0.401 e. The molecular formula is C11H19F3N2. The van der Waals surface area contributed by atoms with E-state index in [2.05, 4.69) is 25.7 Å². The zero-order valence-electron chi connectivity index (χ0n) is 10.0. The van der Waals surface area contributed by atoms with E-state index in [1.54, 1.807) is 4.90 Å². The molecule has 2 bridgehead atoms. The van der Waals surface area contributed by atoms with Crippen molar-refractivity contribution in [3.8, 4) is 0 Å². The van der Waals surface area contributed by atoms with Gasteiger partial charge in [0.15, 0.2) is 0 Å². The van der Waals surface area contributed by atoms with Gasteiger partial charge < -0.3 is 0 Å². The van der Waals surface area contributed by atoms with Gasteiger partial charge in [-0.2, -0.15) is 13.2 Å². The molecule has 0 aliphatic carbocycles. The smallest absolute Gasteiger partial charge is 0.293 e. The Morgan fingerprint density at radius 3 is 2.06 bits per heavy atom. The molecule has 0 radical (unpaired) electrons. The topological polar surface area (TPSA) is 6.48 Å². The van der Waals surface area contributed by atoms with E-state index in [0.717, 1.165) is 13.0 Å². The van der Waals surface area contributed by atoms with Gasteiger partial charge in [-0.1, -0.05) is 0 Å². The van der Waals surface area contributed by atoms with E-state index in [1.165, 1.54) is 0 Å². The van der Waals surface area contributed by atoms with E-state index in [-0.39, 0.29) is 11.6 Å². The van der Waals surface area contributed by atoms with Crippen molar-refractivity contribution in [2.24, 2.45) is 0 Å². The van der Waals surface area contributed by atoms with E-state index in [0.29, 0.717) is 12.6 Å². The highest BCUT2D eigenvalue weighted by atomic mass is 19.4. The van der Waals surface area contributed by atoms with Crippen LogP contribution in [0, 0.1) is 0 Å². The number of rotatable bonds is 1. The number of alkyl halides is 3. The summed E-state index contributed by atoms with van der Waals surface area (Å²) in [4.78, 5) is 3.93. The van der Waals surface area contributed by atoms with Crippen LogP contribution in [-0.2, 0) is 0 Å². The Hall–Kier alpha value is -0.290. The lowest BCUT2D eigenvalue weighted by atomic mass is 10.0. The van der Waals surface area contributed by atoms with Gasteiger partial charge in [0.05, 0.1) is 6.54 Å². The maximum atomic E-state index is 12.3. The Balaban J connectivity index is 1.96. The first-order valence-corrected chi connectivity index (χ1v) is 5.74. The summed E-state index contributed by atoms with van der Waals surface area (Å²) in [5.41, 5.74) is 0.0732. The minimum Gasteiger partial charge on any atom is -0.293 e. The Labute approximate surface area is 94.4 Å². The third-order valence-corrected chi connectivity index (χ3v) is 3.60. The van der Waals surface area contributed by atoms with Gasteiger partial charge in [0.25, 0.3) is 0 Å². The van der Waals surface area contributed by atoms with Crippen LogP contribution in [0.2, 0.25) is 0 Å². The molecule has 0 N–H and O–H groups in total. The fourth-order valence-electron chi connectivity index (χ4n) is 2.99. The molecule has 2 nitrogen and oxygen atoms in total. The van der Waals surface area contributed by atoms with Gasteiger partial charge in [-0.3, -0.25) is 9.80 Å². The van der Waals surface area contributed by atoms with Crippen LogP contribution in [0.1, 0.15) is 27.2 Å². The second-order valence-corrected chi connectivity index (χ2v) is 5.91. The van der Waals surface area contributed by atoms with E-state index in [9.17, 15) is 13.2 Å². The summed E-state index contributed by atoms with van der Waals surface area (Å²) in [6, 6.07) is 0.415. The molecule has 16 heavy (non-hydrogen) atoms. The second kappa shape index (κ2) is 3.60. The summed E-state index contributed by atoms with van der Waals surface area (Å²) in [5.74, 6) is 0. The molecule has 2 atom stereocenters. The van der Waals surface area contributed by atoms with Crippen molar-refractivity contribution in [3.63, 3.8) is 0 Å². The van der Waals surface area contributed by atoms with Gasteiger partial charge in [-0.25, -0.2) is 0 Å². The molecule has 2 saturated heterocycles. The molecule has 0 aromatic rings. The molecule has 0 aromatic carbocycles. The number of fused-ring (bicyclic) bond motifs is 2. The average Bonchev–Trinajstić information content (AvgIpc) is 2.56. The van der Waals surface area contributed by atoms with Crippen LogP contribution in [0.3, 0.4) is 0 Å². The standard InChI is InChI=1S/C11H19F3N2/c1-10(2,3)16-6-8-4-9(16)5-15(8)7-11(12,13)14/h8-9H,4-7H2,1-3H3/t8-,9-/m1/s1. The summed E-state index contributed by atoms with van der Waals surface area (Å²) in [6.07, 6.45) is -3.16. The van der Waals surface area contributed by atoms with Crippen molar-refractivity contribution in [2.45, 2.75) is 51.0 Å². The van der Waals surface area contributed by atoms with Crippen LogP contribution in [-0.4, -0.2) is 53.2 Å². The lowest BCUT2D eigenvalue weighted by molar-refractivity contribution is -0.151. The van der Waals surface area contributed by atoms with Crippen molar-refractivity contribution in [3.05, 3.63) is 0 Å². The van der Waals surface area contributed by atoms with Crippen molar-refractivity contribution < 1.29 is 13.2 Å². The van der Waals surface area contributed by atoms with Crippen LogP contribution >= 0.6 is 0 Å². The minimum absolute atomic E-state index is 0.0732. The number of likely N-dealkylation sites (tertiary alicyclic amines) is 2. The summed E-state index contributed by atoms with van der Waals surface area (Å²) in [6.45, 7) is 6.99. The molecule has 5 heteroatoms. The molecule has 0 amide bonds. The lowest BCUT2D eigenvalue weighted by Crippen LogP contribution is -2.54. The fraction of sp³-hybridized carbons (Fsp3) is 1.00. The molecule has 2 rings (SSSR count). The third kappa shape index (κ3) is 2.35. The molecule has 2 fully saturated rings. The predicted octanol–water partition coefficient (Wildman–Crippen LogP) is 2.11. The van der Waals surface area contributed by atoms with Crippen molar-refractivity contribution in [1.29, 1.82) is 0 Å². The van der Waals surface area contributed by atoms with Gasteiger partial charge in [0, 0.05) is 30.7 Å². The quantitative estimate of drug-likeness (QED) is 0.688. The van der Waals surface area contributed by atoms with E-state index < -0.39 is 12.7 Å². The molecule has 2 aliphatic heterocycles. The molecule has 2 heterocycles. The Kier molecular flexibility index (Phi) is 2.74.